The zero-order chi connectivity index (χ0) is 20.1. The van der Waals surface area contributed by atoms with E-state index in [9.17, 15) is 24.6 Å². The minimum Gasteiger partial charge on any atom is -0.480 e. The van der Waals surface area contributed by atoms with Gasteiger partial charge in [-0.1, -0.05) is 36.8 Å². The molecule has 0 aromatic heterocycles. The maximum Gasteiger partial charge on any atom is 0.323 e. The maximum atomic E-state index is 13.1. The van der Waals surface area contributed by atoms with Crippen molar-refractivity contribution in [1.82, 2.24) is 10.2 Å². The van der Waals surface area contributed by atoms with Crippen LogP contribution in [0.5, 0.6) is 0 Å². The Morgan fingerprint density at radius 2 is 1.86 bits per heavy atom. The lowest BCUT2D eigenvalue weighted by Crippen LogP contribution is -2.54. The molecular formula is C21H28N2O5. The Hall–Kier alpha value is -2.41. The Morgan fingerprint density at radius 1 is 1.11 bits per heavy atom. The van der Waals surface area contributed by atoms with Crippen LogP contribution in [0.3, 0.4) is 0 Å². The highest BCUT2D eigenvalue weighted by Crippen LogP contribution is 2.36. The van der Waals surface area contributed by atoms with E-state index in [1.807, 2.05) is 30.3 Å². The van der Waals surface area contributed by atoms with Crippen molar-refractivity contribution in [3.8, 4) is 0 Å². The molecule has 2 aliphatic rings. The third-order valence-electron chi connectivity index (χ3n) is 6.00. The van der Waals surface area contributed by atoms with Gasteiger partial charge in [-0.3, -0.25) is 19.7 Å². The number of aryl methyl sites for hydroxylation is 1. The normalized spacial score (nSPS) is 25.8. The smallest absolute Gasteiger partial charge is 0.323 e. The van der Waals surface area contributed by atoms with Gasteiger partial charge < -0.3 is 15.1 Å². The summed E-state index contributed by atoms with van der Waals surface area (Å²) in [6, 6.07) is 8.10. The molecule has 0 unspecified atom stereocenters. The molecule has 0 spiro atoms. The number of amides is 1. The van der Waals surface area contributed by atoms with Crippen LogP contribution in [0.4, 0.5) is 0 Å². The Morgan fingerprint density at radius 3 is 2.54 bits per heavy atom. The van der Waals surface area contributed by atoms with Crippen LogP contribution in [0.15, 0.2) is 30.3 Å². The summed E-state index contributed by atoms with van der Waals surface area (Å²) in [6.07, 6.45) is 5.15. The van der Waals surface area contributed by atoms with Crippen LogP contribution < -0.4 is 5.32 Å². The molecule has 0 radical (unpaired) electrons. The molecule has 3 rings (SSSR count). The molecule has 28 heavy (non-hydrogen) atoms. The zero-order valence-corrected chi connectivity index (χ0v) is 15.9. The first-order valence-electron chi connectivity index (χ1n) is 10.0. The summed E-state index contributed by atoms with van der Waals surface area (Å²) in [5.41, 5.74) is 1.05. The molecule has 1 aromatic carbocycles. The highest BCUT2D eigenvalue weighted by Gasteiger charge is 2.42. The molecule has 1 aliphatic heterocycles. The Labute approximate surface area is 164 Å². The number of benzene rings is 1. The molecule has 1 aliphatic carbocycles. The number of carbonyl (C=O) groups excluding carboxylic acids is 1. The summed E-state index contributed by atoms with van der Waals surface area (Å²) in [5.74, 6) is -1.98. The quantitative estimate of drug-likeness (QED) is 0.628. The lowest BCUT2D eigenvalue weighted by Gasteiger charge is -2.31. The van der Waals surface area contributed by atoms with Gasteiger partial charge >= 0.3 is 11.9 Å². The van der Waals surface area contributed by atoms with Gasteiger partial charge in [0.15, 0.2) is 0 Å². The number of carboxylic acids is 2. The number of hydrogen-bond donors (Lipinski definition) is 3. The van der Waals surface area contributed by atoms with Crippen LogP contribution in [0.2, 0.25) is 0 Å². The number of nitrogens with zero attached hydrogens (tertiary/aromatic N) is 1. The van der Waals surface area contributed by atoms with Gasteiger partial charge in [0.25, 0.3) is 0 Å². The molecule has 7 nitrogen and oxygen atoms in total. The van der Waals surface area contributed by atoms with Gasteiger partial charge in [0.2, 0.25) is 5.91 Å². The first-order valence-corrected chi connectivity index (χ1v) is 10.0. The third kappa shape index (κ3) is 4.90. The molecule has 152 valence electrons. The molecule has 0 bridgehead atoms. The average Bonchev–Trinajstić information content (AvgIpc) is 3.09. The summed E-state index contributed by atoms with van der Waals surface area (Å²) >= 11 is 0. The summed E-state index contributed by atoms with van der Waals surface area (Å²) in [4.78, 5) is 37.6. The molecule has 2 fully saturated rings. The van der Waals surface area contributed by atoms with Crippen LogP contribution in [0, 0.1) is 5.92 Å². The van der Waals surface area contributed by atoms with Crippen LogP contribution >= 0.6 is 0 Å². The molecule has 1 saturated carbocycles. The third-order valence-corrected chi connectivity index (χ3v) is 6.00. The van der Waals surface area contributed by atoms with Gasteiger partial charge in [0.05, 0.1) is 6.04 Å². The number of rotatable bonds is 8. The number of hydrogen-bond acceptors (Lipinski definition) is 4. The highest BCUT2D eigenvalue weighted by molar-refractivity contribution is 5.86. The van der Waals surface area contributed by atoms with Crippen molar-refractivity contribution in [2.24, 2.45) is 5.92 Å². The standard InChI is InChI=1S/C21H28N2O5/c24-19(25)13-23-18-8-4-7-15(18)10-12-16(20(23)26)22-17(21(27)28)11-9-14-5-2-1-3-6-14/h1-3,5-6,15-18,22H,4,7-13H2,(H,24,25)(H,27,28)/t15-,16-,17-,18+/m0/s1. The number of nitrogens with one attached hydrogen (secondary N) is 1. The minimum absolute atomic E-state index is 0.0389. The monoisotopic (exact) mass is 388 g/mol. The molecule has 1 saturated heterocycles. The van der Waals surface area contributed by atoms with E-state index in [-0.39, 0.29) is 18.5 Å². The molecule has 1 aromatic rings. The van der Waals surface area contributed by atoms with Crippen LogP contribution in [-0.4, -0.2) is 57.6 Å². The van der Waals surface area contributed by atoms with E-state index < -0.39 is 24.0 Å². The number of likely N-dealkylation sites (tertiary alicyclic amines) is 1. The largest absolute Gasteiger partial charge is 0.480 e. The van der Waals surface area contributed by atoms with Crippen molar-refractivity contribution in [3.63, 3.8) is 0 Å². The van der Waals surface area contributed by atoms with Crippen molar-refractivity contribution in [2.75, 3.05) is 6.54 Å². The summed E-state index contributed by atoms with van der Waals surface area (Å²) in [5, 5.41) is 21.9. The van der Waals surface area contributed by atoms with Gasteiger partial charge in [-0.2, -0.15) is 0 Å². The lowest BCUT2D eigenvalue weighted by atomic mass is 9.97. The van der Waals surface area contributed by atoms with Crippen molar-refractivity contribution in [1.29, 1.82) is 0 Å². The van der Waals surface area contributed by atoms with Gasteiger partial charge in [-0.15, -0.1) is 0 Å². The molecule has 1 amide bonds. The molecule has 4 atom stereocenters. The van der Waals surface area contributed by atoms with Crippen LogP contribution in [-0.2, 0) is 20.8 Å². The van der Waals surface area contributed by atoms with E-state index in [4.69, 9.17) is 0 Å². The minimum atomic E-state index is -1.03. The summed E-state index contributed by atoms with van der Waals surface area (Å²) in [7, 11) is 0. The SMILES string of the molecule is O=C(O)CN1C(=O)[C@@H](N[C@@H](CCc2ccccc2)C(=O)O)CC[C@@H]2CCC[C@H]21. The maximum absolute atomic E-state index is 13.1. The van der Waals surface area contributed by atoms with Gasteiger partial charge in [0, 0.05) is 6.04 Å². The van der Waals surface area contributed by atoms with E-state index in [0.29, 0.717) is 25.2 Å². The predicted molar refractivity (Wildman–Crippen MR) is 103 cm³/mol. The number of aliphatic carboxylic acids is 2. The second kappa shape index (κ2) is 9.19. The van der Waals surface area contributed by atoms with E-state index >= 15 is 0 Å². The Kier molecular flexibility index (Phi) is 6.67. The number of fused-ring (bicyclic) bond motifs is 1. The number of carbonyl (C=O) groups is 3. The fraction of sp³-hybridized carbons (Fsp3) is 0.571. The van der Waals surface area contributed by atoms with Crippen LogP contribution in [0.25, 0.3) is 0 Å². The van der Waals surface area contributed by atoms with Gasteiger partial charge in [-0.25, -0.2) is 0 Å². The number of carboxylic acid groups (broad SMARTS) is 2. The lowest BCUT2D eigenvalue weighted by molar-refractivity contribution is -0.148. The highest BCUT2D eigenvalue weighted by atomic mass is 16.4. The summed E-state index contributed by atoms with van der Waals surface area (Å²) in [6.45, 7) is -0.320. The zero-order valence-electron chi connectivity index (χ0n) is 15.9. The van der Waals surface area contributed by atoms with Crippen molar-refractivity contribution >= 4 is 17.8 Å². The molecule has 1 heterocycles. The second-order valence-corrected chi connectivity index (χ2v) is 7.83. The van der Waals surface area contributed by atoms with Gasteiger partial charge in [0.1, 0.15) is 12.6 Å². The Bertz CT molecular complexity index is 708. The fourth-order valence-corrected chi connectivity index (χ4v) is 4.60. The van der Waals surface area contributed by atoms with E-state index in [1.165, 1.54) is 4.90 Å². The average molecular weight is 388 g/mol. The first-order chi connectivity index (χ1) is 13.5. The molecule has 3 N–H and O–H groups in total. The van der Waals surface area contributed by atoms with Crippen LogP contribution in [0.1, 0.15) is 44.1 Å². The first kappa shape index (κ1) is 20.3. The van der Waals surface area contributed by atoms with Crippen molar-refractivity contribution in [3.05, 3.63) is 35.9 Å². The van der Waals surface area contributed by atoms with Crippen molar-refractivity contribution < 1.29 is 24.6 Å². The fourth-order valence-electron chi connectivity index (χ4n) is 4.60. The van der Waals surface area contributed by atoms with E-state index in [2.05, 4.69) is 5.32 Å². The van der Waals surface area contributed by atoms with Gasteiger partial charge in [-0.05, 0) is 50.0 Å². The van der Waals surface area contributed by atoms with Crippen molar-refractivity contribution in [2.45, 2.75) is 63.1 Å². The van der Waals surface area contributed by atoms with E-state index in [0.717, 1.165) is 31.2 Å². The second-order valence-electron chi connectivity index (χ2n) is 7.83. The van der Waals surface area contributed by atoms with E-state index in [1.54, 1.807) is 0 Å². The molecule has 7 heteroatoms. The Balaban J connectivity index is 1.69. The summed E-state index contributed by atoms with van der Waals surface area (Å²) < 4.78 is 0. The predicted octanol–water partition coefficient (Wildman–Crippen LogP) is 1.91. The topological polar surface area (TPSA) is 107 Å². The molecular weight excluding hydrogens is 360 g/mol.